The molecule has 2 heterocycles. The van der Waals surface area contributed by atoms with Gasteiger partial charge in [-0.1, -0.05) is 0 Å². The molecule has 0 fully saturated rings. The lowest BCUT2D eigenvalue weighted by atomic mass is 10.2. The van der Waals surface area contributed by atoms with E-state index in [1.165, 1.54) is 0 Å². The van der Waals surface area contributed by atoms with Gasteiger partial charge in [-0.3, -0.25) is 4.98 Å². The van der Waals surface area contributed by atoms with Gasteiger partial charge in [-0.15, -0.1) is 0 Å². The Morgan fingerprint density at radius 1 is 1.08 bits per heavy atom. The summed E-state index contributed by atoms with van der Waals surface area (Å²) in [5.41, 5.74) is 4.69. The van der Waals surface area contributed by atoms with E-state index in [1.807, 2.05) is 26.8 Å². The van der Waals surface area contributed by atoms with Crippen molar-refractivity contribution in [3.63, 3.8) is 0 Å². The molecule has 2 rings (SSSR count). The summed E-state index contributed by atoms with van der Waals surface area (Å²) in [4.78, 5) is 12.9. The van der Waals surface area contributed by atoms with Crippen molar-refractivity contribution in [1.29, 1.82) is 0 Å². The zero-order valence-electron chi connectivity index (χ0n) is 8.00. The van der Waals surface area contributed by atoms with Gasteiger partial charge in [0, 0.05) is 11.9 Å². The molecule has 3 heteroatoms. The van der Waals surface area contributed by atoms with Gasteiger partial charge in [0.15, 0.2) is 5.65 Å². The summed E-state index contributed by atoms with van der Waals surface area (Å²) >= 11 is 0. The van der Waals surface area contributed by atoms with Gasteiger partial charge in [-0.2, -0.15) is 0 Å². The predicted octanol–water partition coefficient (Wildman–Crippen LogP) is 1.95. The topological polar surface area (TPSA) is 38.7 Å². The quantitative estimate of drug-likeness (QED) is 0.611. The summed E-state index contributed by atoms with van der Waals surface area (Å²) in [6, 6.07) is 2.02. The van der Waals surface area contributed by atoms with Crippen LogP contribution in [0.1, 0.15) is 17.0 Å². The first-order chi connectivity index (χ1) is 6.16. The zero-order chi connectivity index (χ0) is 9.42. The van der Waals surface area contributed by atoms with E-state index < -0.39 is 0 Å². The SMILES string of the molecule is Cc1cnc2cc(C)c(C)nc2n1. The Kier molecular flexibility index (Phi) is 1.72. The van der Waals surface area contributed by atoms with E-state index in [0.29, 0.717) is 0 Å². The number of fused-ring (bicyclic) bond motifs is 1. The lowest BCUT2D eigenvalue weighted by Crippen LogP contribution is -1.94. The molecule has 13 heavy (non-hydrogen) atoms. The molecule has 0 atom stereocenters. The Balaban J connectivity index is 2.81. The third-order valence-corrected chi connectivity index (χ3v) is 2.10. The normalized spacial score (nSPS) is 10.7. The second kappa shape index (κ2) is 2.76. The lowest BCUT2D eigenvalue weighted by molar-refractivity contribution is 1.10. The van der Waals surface area contributed by atoms with E-state index in [0.717, 1.165) is 28.1 Å². The fraction of sp³-hybridized carbons (Fsp3) is 0.300. The van der Waals surface area contributed by atoms with Gasteiger partial charge in [0.05, 0.1) is 5.69 Å². The van der Waals surface area contributed by atoms with E-state index in [1.54, 1.807) is 6.20 Å². The summed E-state index contributed by atoms with van der Waals surface area (Å²) in [6.45, 7) is 5.94. The van der Waals surface area contributed by atoms with Crippen molar-refractivity contribution in [2.75, 3.05) is 0 Å². The van der Waals surface area contributed by atoms with Crippen LogP contribution in [0.15, 0.2) is 12.3 Å². The molecule has 66 valence electrons. The summed E-state index contributed by atoms with van der Waals surface area (Å²) < 4.78 is 0. The molecule has 3 nitrogen and oxygen atoms in total. The third-order valence-electron chi connectivity index (χ3n) is 2.10. The van der Waals surface area contributed by atoms with Gasteiger partial charge >= 0.3 is 0 Å². The van der Waals surface area contributed by atoms with Crippen LogP contribution in [0, 0.1) is 20.8 Å². The van der Waals surface area contributed by atoms with Gasteiger partial charge in [-0.05, 0) is 32.4 Å². The molecule has 0 spiro atoms. The van der Waals surface area contributed by atoms with Gasteiger partial charge in [0.2, 0.25) is 0 Å². The first-order valence-corrected chi connectivity index (χ1v) is 4.24. The second-order valence-electron chi connectivity index (χ2n) is 3.24. The van der Waals surface area contributed by atoms with Crippen molar-refractivity contribution in [2.24, 2.45) is 0 Å². The molecule has 0 unspecified atom stereocenters. The Morgan fingerprint density at radius 2 is 1.85 bits per heavy atom. The molecule has 0 radical (unpaired) electrons. The highest BCUT2D eigenvalue weighted by atomic mass is 14.9. The molecular formula is C10H11N3. The van der Waals surface area contributed by atoms with Crippen molar-refractivity contribution >= 4 is 11.2 Å². The summed E-state index contributed by atoms with van der Waals surface area (Å²) in [5.74, 6) is 0. The van der Waals surface area contributed by atoms with Crippen molar-refractivity contribution in [3.8, 4) is 0 Å². The van der Waals surface area contributed by atoms with Gasteiger partial charge < -0.3 is 0 Å². The minimum atomic E-state index is 0.739. The summed E-state index contributed by atoms with van der Waals surface area (Å²) in [5, 5.41) is 0. The molecule has 0 N–H and O–H groups in total. The van der Waals surface area contributed by atoms with Crippen LogP contribution < -0.4 is 0 Å². The largest absolute Gasteiger partial charge is 0.251 e. The average Bonchev–Trinajstić information content (AvgIpc) is 2.08. The average molecular weight is 173 g/mol. The minimum Gasteiger partial charge on any atom is -0.251 e. The predicted molar refractivity (Wildman–Crippen MR) is 51.5 cm³/mol. The number of nitrogens with zero attached hydrogens (tertiary/aromatic N) is 3. The number of rotatable bonds is 0. The number of hydrogen-bond acceptors (Lipinski definition) is 3. The molecule has 0 amide bonds. The van der Waals surface area contributed by atoms with Crippen LogP contribution in [-0.4, -0.2) is 15.0 Å². The molecule has 0 aromatic carbocycles. The molecule has 0 aliphatic rings. The Bertz CT molecular complexity index is 463. The molecule has 0 aliphatic carbocycles. The number of aryl methyl sites for hydroxylation is 3. The maximum Gasteiger partial charge on any atom is 0.178 e. The summed E-state index contributed by atoms with van der Waals surface area (Å²) in [7, 11) is 0. The number of pyridine rings is 1. The number of hydrogen-bond donors (Lipinski definition) is 0. The second-order valence-corrected chi connectivity index (χ2v) is 3.24. The fourth-order valence-corrected chi connectivity index (χ4v) is 1.21. The Hall–Kier alpha value is -1.51. The molecular weight excluding hydrogens is 162 g/mol. The van der Waals surface area contributed by atoms with Gasteiger partial charge in [0.25, 0.3) is 0 Å². The van der Waals surface area contributed by atoms with E-state index in [-0.39, 0.29) is 0 Å². The lowest BCUT2D eigenvalue weighted by Gasteiger charge is -2.01. The monoisotopic (exact) mass is 173 g/mol. The first-order valence-electron chi connectivity index (χ1n) is 4.24. The van der Waals surface area contributed by atoms with Crippen molar-refractivity contribution in [1.82, 2.24) is 15.0 Å². The summed E-state index contributed by atoms with van der Waals surface area (Å²) in [6.07, 6.45) is 1.76. The highest BCUT2D eigenvalue weighted by molar-refractivity contribution is 5.70. The van der Waals surface area contributed by atoms with Crippen molar-refractivity contribution in [2.45, 2.75) is 20.8 Å². The van der Waals surface area contributed by atoms with E-state index in [4.69, 9.17) is 0 Å². The Morgan fingerprint density at radius 3 is 2.62 bits per heavy atom. The Labute approximate surface area is 76.9 Å². The zero-order valence-corrected chi connectivity index (χ0v) is 8.00. The van der Waals surface area contributed by atoms with E-state index in [9.17, 15) is 0 Å². The van der Waals surface area contributed by atoms with Crippen LogP contribution in [0.25, 0.3) is 11.2 Å². The first kappa shape index (κ1) is 8.10. The fourth-order valence-electron chi connectivity index (χ4n) is 1.21. The maximum absolute atomic E-state index is 4.36. The third kappa shape index (κ3) is 1.37. The molecule has 2 aromatic rings. The van der Waals surface area contributed by atoms with Crippen LogP contribution >= 0.6 is 0 Å². The molecule has 0 saturated heterocycles. The highest BCUT2D eigenvalue weighted by Gasteiger charge is 2.01. The van der Waals surface area contributed by atoms with Crippen molar-refractivity contribution in [3.05, 3.63) is 29.2 Å². The van der Waals surface area contributed by atoms with Crippen LogP contribution in [0.5, 0.6) is 0 Å². The molecule has 2 aromatic heterocycles. The maximum atomic E-state index is 4.36. The molecule has 0 saturated carbocycles. The number of aromatic nitrogens is 3. The standard InChI is InChI=1S/C10H11N3/c1-6-4-9-10(13-8(6)3)12-7(2)5-11-9/h4-5H,1-3H3. The van der Waals surface area contributed by atoms with E-state index in [2.05, 4.69) is 15.0 Å². The van der Waals surface area contributed by atoms with Crippen LogP contribution in [0.3, 0.4) is 0 Å². The smallest absolute Gasteiger partial charge is 0.178 e. The van der Waals surface area contributed by atoms with Gasteiger partial charge in [0.1, 0.15) is 5.52 Å². The van der Waals surface area contributed by atoms with Crippen LogP contribution in [0.4, 0.5) is 0 Å². The van der Waals surface area contributed by atoms with Crippen molar-refractivity contribution < 1.29 is 0 Å². The highest BCUT2D eigenvalue weighted by Crippen LogP contribution is 2.11. The van der Waals surface area contributed by atoms with Gasteiger partial charge in [-0.25, -0.2) is 9.97 Å². The molecule has 0 bridgehead atoms. The van der Waals surface area contributed by atoms with Crippen LogP contribution in [-0.2, 0) is 0 Å². The molecule has 0 aliphatic heterocycles. The minimum absolute atomic E-state index is 0.739. The van der Waals surface area contributed by atoms with Crippen LogP contribution in [0.2, 0.25) is 0 Å². The van der Waals surface area contributed by atoms with E-state index >= 15 is 0 Å².